The molecule has 0 aromatic heterocycles. The van der Waals surface area contributed by atoms with Crippen LogP contribution in [0.15, 0.2) is 36.5 Å². The highest BCUT2D eigenvalue weighted by Crippen LogP contribution is 2.07. The second-order valence-corrected chi connectivity index (χ2v) is 4.21. The summed E-state index contributed by atoms with van der Waals surface area (Å²) in [5.41, 5.74) is 0. The van der Waals surface area contributed by atoms with Gasteiger partial charge in [0.1, 0.15) is 0 Å². The lowest BCUT2D eigenvalue weighted by Gasteiger charge is -1.97. The summed E-state index contributed by atoms with van der Waals surface area (Å²) in [5.74, 6) is 0. The van der Waals surface area contributed by atoms with Gasteiger partial charge in [0.2, 0.25) is 0 Å². The zero-order chi connectivity index (χ0) is 11.9. The fourth-order valence-electron chi connectivity index (χ4n) is 1.56. The van der Waals surface area contributed by atoms with Crippen molar-refractivity contribution >= 4 is 0 Å². The molecule has 0 N–H and O–H groups in total. The Labute approximate surface area is 102 Å². The molecule has 0 aliphatic carbocycles. The van der Waals surface area contributed by atoms with Gasteiger partial charge < -0.3 is 0 Å². The summed E-state index contributed by atoms with van der Waals surface area (Å²) in [7, 11) is 0. The third-order valence-corrected chi connectivity index (χ3v) is 2.57. The molecule has 0 nitrogen and oxygen atoms in total. The molecule has 0 spiro atoms. The van der Waals surface area contributed by atoms with E-state index in [-0.39, 0.29) is 0 Å². The van der Waals surface area contributed by atoms with Gasteiger partial charge in [-0.3, -0.25) is 0 Å². The zero-order valence-corrected chi connectivity index (χ0v) is 11.1. The quantitative estimate of drug-likeness (QED) is 0.321. The average molecular weight is 220 g/mol. The average Bonchev–Trinajstić information content (AvgIpc) is 2.31. The van der Waals surface area contributed by atoms with E-state index in [0.717, 1.165) is 6.42 Å². The van der Waals surface area contributed by atoms with Crippen LogP contribution in [-0.4, -0.2) is 0 Å². The third kappa shape index (κ3) is 13.2. The molecule has 0 unspecified atom stereocenters. The van der Waals surface area contributed by atoms with Crippen molar-refractivity contribution in [3.05, 3.63) is 36.5 Å². The first-order valence-corrected chi connectivity index (χ1v) is 6.90. The van der Waals surface area contributed by atoms with Crippen molar-refractivity contribution < 1.29 is 0 Å². The Morgan fingerprint density at radius 2 is 1.25 bits per heavy atom. The highest BCUT2D eigenvalue weighted by molar-refractivity contribution is 5.10. The van der Waals surface area contributed by atoms with Gasteiger partial charge in [0.15, 0.2) is 0 Å². The summed E-state index contributed by atoms with van der Waals surface area (Å²) >= 11 is 0. The van der Waals surface area contributed by atoms with E-state index in [1.165, 1.54) is 44.9 Å². The Morgan fingerprint density at radius 1 is 0.625 bits per heavy atom. The van der Waals surface area contributed by atoms with Crippen LogP contribution in [0.2, 0.25) is 0 Å². The van der Waals surface area contributed by atoms with Gasteiger partial charge in [-0.15, -0.1) is 0 Å². The second kappa shape index (κ2) is 14.2. The molecule has 0 radical (unpaired) electrons. The predicted octanol–water partition coefficient (Wildman–Crippen LogP) is 5.82. The number of allylic oxidation sites excluding steroid dienone is 6. The predicted molar refractivity (Wildman–Crippen MR) is 75.7 cm³/mol. The van der Waals surface area contributed by atoms with Crippen LogP contribution < -0.4 is 0 Å². The molecule has 0 fully saturated rings. The Hall–Kier alpha value is -0.780. The maximum absolute atomic E-state index is 2.27. The first-order chi connectivity index (χ1) is 7.91. The molecule has 0 heteroatoms. The first-order valence-electron chi connectivity index (χ1n) is 6.90. The van der Waals surface area contributed by atoms with Gasteiger partial charge in [-0.25, -0.2) is 0 Å². The van der Waals surface area contributed by atoms with E-state index < -0.39 is 0 Å². The molecule has 16 heavy (non-hydrogen) atoms. The molecule has 0 atom stereocenters. The largest absolute Gasteiger partial charge is 0.0848 e. The maximum Gasteiger partial charge on any atom is -0.0348 e. The number of rotatable bonds is 10. The van der Waals surface area contributed by atoms with Crippen LogP contribution in [0.3, 0.4) is 0 Å². The van der Waals surface area contributed by atoms with Crippen molar-refractivity contribution in [2.75, 3.05) is 0 Å². The Balaban J connectivity index is 3.21. The minimum Gasteiger partial charge on any atom is -0.0848 e. The van der Waals surface area contributed by atoms with Crippen LogP contribution in [0, 0.1) is 0 Å². The summed E-state index contributed by atoms with van der Waals surface area (Å²) in [6.07, 6.45) is 23.6. The van der Waals surface area contributed by atoms with Crippen molar-refractivity contribution in [2.24, 2.45) is 0 Å². The Kier molecular flexibility index (Phi) is 13.5. The zero-order valence-electron chi connectivity index (χ0n) is 11.1. The van der Waals surface area contributed by atoms with E-state index in [1.54, 1.807) is 0 Å². The molecule has 0 saturated heterocycles. The maximum atomic E-state index is 2.27. The molecular weight excluding hydrogens is 192 g/mol. The minimum atomic E-state index is 1.12. The van der Waals surface area contributed by atoms with E-state index in [4.69, 9.17) is 0 Å². The van der Waals surface area contributed by atoms with E-state index in [2.05, 4.69) is 50.3 Å². The van der Waals surface area contributed by atoms with Crippen molar-refractivity contribution in [1.82, 2.24) is 0 Å². The molecular formula is C16H28. The molecule has 0 aromatic rings. The van der Waals surface area contributed by atoms with Crippen molar-refractivity contribution in [2.45, 2.75) is 65.2 Å². The lowest BCUT2D eigenvalue weighted by Crippen LogP contribution is -1.77. The van der Waals surface area contributed by atoms with Crippen LogP contribution in [0.1, 0.15) is 65.2 Å². The summed E-state index contributed by atoms with van der Waals surface area (Å²) in [6, 6.07) is 0. The topological polar surface area (TPSA) is 0 Å². The highest BCUT2D eigenvalue weighted by Gasteiger charge is 1.87. The number of unbranched alkanes of at least 4 members (excludes halogenated alkanes) is 6. The highest BCUT2D eigenvalue weighted by atomic mass is 13.9. The second-order valence-electron chi connectivity index (χ2n) is 4.21. The molecule has 0 aliphatic rings. The normalized spacial score (nSPS) is 12.4. The summed E-state index contributed by atoms with van der Waals surface area (Å²) < 4.78 is 0. The molecule has 0 aliphatic heterocycles. The molecule has 92 valence electrons. The van der Waals surface area contributed by atoms with E-state index in [9.17, 15) is 0 Å². The smallest absolute Gasteiger partial charge is 0.0348 e. The summed E-state index contributed by atoms with van der Waals surface area (Å²) in [6.45, 7) is 4.42. The first kappa shape index (κ1) is 15.2. The molecule has 0 saturated carbocycles. The van der Waals surface area contributed by atoms with Gasteiger partial charge in [0.25, 0.3) is 0 Å². The van der Waals surface area contributed by atoms with Crippen LogP contribution in [0.25, 0.3) is 0 Å². The summed E-state index contributed by atoms with van der Waals surface area (Å²) in [5, 5.41) is 0. The van der Waals surface area contributed by atoms with Gasteiger partial charge in [-0.05, 0) is 19.3 Å². The SMILES string of the molecule is CC/C=C/C=C/C=C/CCCCCCCC. The van der Waals surface area contributed by atoms with Crippen LogP contribution in [0.5, 0.6) is 0 Å². The third-order valence-electron chi connectivity index (χ3n) is 2.57. The molecule has 0 bridgehead atoms. The fourth-order valence-corrected chi connectivity index (χ4v) is 1.56. The lowest BCUT2D eigenvalue weighted by molar-refractivity contribution is 0.611. The van der Waals surface area contributed by atoms with E-state index >= 15 is 0 Å². The minimum absolute atomic E-state index is 1.12. The van der Waals surface area contributed by atoms with Crippen LogP contribution in [-0.2, 0) is 0 Å². The fraction of sp³-hybridized carbons (Fsp3) is 0.625. The van der Waals surface area contributed by atoms with Gasteiger partial charge in [-0.2, -0.15) is 0 Å². The standard InChI is InChI=1S/C16H28/c1-3-5-7-9-11-13-15-16-14-12-10-8-6-4-2/h5,7,9,11,13,15H,3-4,6,8,10,12,14,16H2,1-2H3/b7-5+,11-9+,15-13+. The van der Waals surface area contributed by atoms with E-state index in [0.29, 0.717) is 0 Å². The monoisotopic (exact) mass is 220 g/mol. The van der Waals surface area contributed by atoms with Gasteiger partial charge in [-0.1, -0.05) is 82.4 Å². The molecule has 0 aromatic carbocycles. The lowest BCUT2D eigenvalue weighted by atomic mass is 10.1. The van der Waals surface area contributed by atoms with Crippen molar-refractivity contribution in [3.8, 4) is 0 Å². The van der Waals surface area contributed by atoms with Crippen LogP contribution >= 0.6 is 0 Å². The van der Waals surface area contributed by atoms with Crippen LogP contribution in [0.4, 0.5) is 0 Å². The molecule has 0 amide bonds. The van der Waals surface area contributed by atoms with Gasteiger partial charge in [0.05, 0.1) is 0 Å². The van der Waals surface area contributed by atoms with Crippen molar-refractivity contribution in [3.63, 3.8) is 0 Å². The van der Waals surface area contributed by atoms with E-state index in [1.807, 2.05) is 0 Å². The van der Waals surface area contributed by atoms with Crippen molar-refractivity contribution in [1.29, 1.82) is 0 Å². The van der Waals surface area contributed by atoms with Gasteiger partial charge >= 0.3 is 0 Å². The number of hydrogen-bond donors (Lipinski definition) is 0. The van der Waals surface area contributed by atoms with Gasteiger partial charge in [0, 0.05) is 0 Å². The summed E-state index contributed by atoms with van der Waals surface area (Å²) in [4.78, 5) is 0. The Bertz CT molecular complexity index is 196. The molecule has 0 heterocycles. The Morgan fingerprint density at radius 3 is 1.94 bits per heavy atom. The number of hydrogen-bond acceptors (Lipinski definition) is 0. The molecule has 0 rings (SSSR count).